The zero-order chi connectivity index (χ0) is 18.4. The Morgan fingerprint density at radius 2 is 2.11 bits per heavy atom. The molecule has 3 heterocycles. The fourth-order valence-corrected chi connectivity index (χ4v) is 3.97. The number of nitrogens with one attached hydrogen (secondary N) is 1. The van der Waals surface area contributed by atoms with Gasteiger partial charge in [0.15, 0.2) is 11.5 Å². The van der Waals surface area contributed by atoms with Crippen LogP contribution in [-0.2, 0) is 13.1 Å². The first-order valence-corrected chi connectivity index (χ1v) is 9.19. The number of imidazole rings is 1. The third kappa shape index (κ3) is 2.59. The Morgan fingerprint density at radius 1 is 1.19 bits per heavy atom. The van der Waals surface area contributed by atoms with Crippen molar-refractivity contribution in [1.29, 1.82) is 0 Å². The standard InChI is InChI=1S/C20H21N7/c21-8-14-7-16-15(12-3-1-2-4-12)6-5-13(17(16)26-14)9-27-11-25-18-19(22)23-10-24-20(18)27/h3,5-7,10-11,26H,1-2,4,8-9,21H2,(H2,22,23,24). The molecule has 0 radical (unpaired) electrons. The average Bonchev–Trinajstić information content (AvgIpc) is 3.42. The minimum absolute atomic E-state index is 0.401. The van der Waals surface area contributed by atoms with Gasteiger partial charge in [-0.05, 0) is 42.0 Å². The molecule has 27 heavy (non-hydrogen) atoms. The molecule has 4 aromatic rings. The lowest BCUT2D eigenvalue weighted by atomic mass is 9.98. The molecule has 1 aliphatic carbocycles. The van der Waals surface area contributed by atoms with Crippen LogP contribution in [0, 0.1) is 0 Å². The summed E-state index contributed by atoms with van der Waals surface area (Å²) < 4.78 is 2.00. The van der Waals surface area contributed by atoms with Crippen LogP contribution in [0.25, 0.3) is 27.6 Å². The van der Waals surface area contributed by atoms with Crippen LogP contribution in [0.2, 0.25) is 0 Å². The molecule has 7 heteroatoms. The summed E-state index contributed by atoms with van der Waals surface area (Å²) in [5, 5.41) is 1.24. The summed E-state index contributed by atoms with van der Waals surface area (Å²) in [5.41, 5.74) is 19.3. The van der Waals surface area contributed by atoms with Gasteiger partial charge in [-0.15, -0.1) is 0 Å². The van der Waals surface area contributed by atoms with Crippen molar-refractivity contribution in [3.8, 4) is 0 Å². The average molecular weight is 359 g/mol. The molecule has 0 fully saturated rings. The molecule has 5 N–H and O–H groups in total. The summed E-state index contributed by atoms with van der Waals surface area (Å²) in [4.78, 5) is 16.2. The first-order valence-electron chi connectivity index (χ1n) is 9.19. The summed E-state index contributed by atoms with van der Waals surface area (Å²) in [6.07, 6.45) is 9.13. The maximum atomic E-state index is 5.91. The highest BCUT2D eigenvalue weighted by Crippen LogP contribution is 2.34. The van der Waals surface area contributed by atoms with Gasteiger partial charge in [0.25, 0.3) is 0 Å². The van der Waals surface area contributed by atoms with Gasteiger partial charge in [0.05, 0.1) is 18.4 Å². The van der Waals surface area contributed by atoms with E-state index >= 15 is 0 Å². The Kier molecular flexibility index (Phi) is 3.68. The number of nitrogens with two attached hydrogens (primary N) is 2. The van der Waals surface area contributed by atoms with Crippen molar-refractivity contribution < 1.29 is 0 Å². The number of H-pyrrole nitrogens is 1. The van der Waals surface area contributed by atoms with Crippen LogP contribution in [0.15, 0.2) is 36.9 Å². The molecule has 136 valence electrons. The van der Waals surface area contributed by atoms with Crippen molar-refractivity contribution in [2.75, 3.05) is 5.73 Å². The predicted molar refractivity (Wildman–Crippen MR) is 107 cm³/mol. The molecule has 0 aliphatic heterocycles. The Morgan fingerprint density at radius 3 is 2.93 bits per heavy atom. The third-order valence-corrected chi connectivity index (χ3v) is 5.31. The highest BCUT2D eigenvalue weighted by Gasteiger charge is 2.16. The first-order chi connectivity index (χ1) is 13.2. The van der Waals surface area contributed by atoms with Gasteiger partial charge in [0.1, 0.15) is 11.8 Å². The zero-order valence-electron chi connectivity index (χ0n) is 14.9. The second-order valence-electron chi connectivity index (χ2n) is 6.98. The van der Waals surface area contributed by atoms with E-state index in [9.17, 15) is 0 Å². The maximum Gasteiger partial charge on any atom is 0.165 e. The zero-order valence-corrected chi connectivity index (χ0v) is 14.9. The van der Waals surface area contributed by atoms with Crippen molar-refractivity contribution in [3.05, 3.63) is 53.8 Å². The van der Waals surface area contributed by atoms with Gasteiger partial charge in [0.2, 0.25) is 0 Å². The van der Waals surface area contributed by atoms with Crippen molar-refractivity contribution in [2.24, 2.45) is 5.73 Å². The van der Waals surface area contributed by atoms with Crippen LogP contribution >= 0.6 is 0 Å². The van der Waals surface area contributed by atoms with Crippen LogP contribution in [-0.4, -0.2) is 24.5 Å². The molecule has 0 atom stereocenters. The number of benzene rings is 1. The molecule has 1 aliphatic rings. The second-order valence-corrected chi connectivity index (χ2v) is 6.98. The van der Waals surface area contributed by atoms with E-state index in [1.54, 1.807) is 6.33 Å². The number of hydrogen-bond acceptors (Lipinski definition) is 5. The van der Waals surface area contributed by atoms with E-state index in [1.807, 2.05) is 4.57 Å². The number of rotatable bonds is 4. The Labute approximate surface area is 156 Å². The molecular formula is C20H21N7. The fourth-order valence-electron chi connectivity index (χ4n) is 3.97. The number of allylic oxidation sites excluding steroid dienone is 2. The molecule has 7 nitrogen and oxygen atoms in total. The number of anilines is 1. The van der Waals surface area contributed by atoms with Crippen molar-refractivity contribution in [3.63, 3.8) is 0 Å². The van der Waals surface area contributed by atoms with E-state index in [2.05, 4.69) is 44.2 Å². The first kappa shape index (κ1) is 16.0. The molecule has 1 aromatic carbocycles. The lowest BCUT2D eigenvalue weighted by Crippen LogP contribution is -2.02. The topological polar surface area (TPSA) is 111 Å². The highest BCUT2D eigenvalue weighted by atomic mass is 15.1. The SMILES string of the molecule is NCc1cc2c(C3=CCCC3)ccc(Cn3cnc4c(N)ncnc43)c2[nH]1. The molecule has 0 bridgehead atoms. The van der Waals surface area contributed by atoms with Gasteiger partial charge in [-0.25, -0.2) is 15.0 Å². The van der Waals surface area contributed by atoms with E-state index in [4.69, 9.17) is 11.5 Å². The summed E-state index contributed by atoms with van der Waals surface area (Å²) in [7, 11) is 0. The molecule has 5 rings (SSSR count). The lowest BCUT2D eigenvalue weighted by Gasteiger charge is -2.10. The highest BCUT2D eigenvalue weighted by molar-refractivity contribution is 5.95. The van der Waals surface area contributed by atoms with Gasteiger partial charge >= 0.3 is 0 Å². The Balaban J connectivity index is 1.63. The number of hydrogen-bond donors (Lipinski definition) is 3. The summed E-state index contributed by atoms with van der Waals surface area (Å²) in [6, 6.07) is 6.59. The van der Waals surface area contributed by atoms with Crippen LogP contribution in [0.3, 0.4) is 0 Å². The largest absolute Gasteiger partial charge is 0.382 e. The summed E-state index contributed by atoms with van der Waals surface area (Å²) in [5.74, 6) is 0.401. The molecule has 0 spiro atoms. The molecule has 3 aromatic heterocycles. The number of nitrogens with zero attached hydrogens (tertiary/aromatic N) is 4. The van der Waals surface area contributed by atoms with Crippen LogP contribution < -0.4 is 11.5 Å². The molecule has 0 saturated carbocycles. The molecule has 0 saturated heterocycles. The summed E-state index contributed by atoms with van der Waals surface area (Å²) in [6.45, 7) is 1.14. The number of fused-ring (bicyclic) bond motifs is 2. The van der Waals surface area contributed by atoms with E-state index in [-0.39, 0.29) is 0 Å². The van der Waals surface area contributed by atoms with Crippen LogP contribution in [0.5, 0.6) is 0 Å². The monoisotopic (exact) mass is 359 g/mol. The molecule has 0 amide bonds. The van der Waals surface area contributed by atoms with Gasteiger partial charge in [-0.3, -0.25) is 0 Å². The Bertz CT molecular complexity index is 1180. The Hall–Kier alpha value is -3.19. The normalized spacial score (nSPS) is 14.3. The van der Waals surface area contributed by atoms with E-state index in [0.717, 1.165) is 29.7 Å². The summed E-state index contributed by atoms with van der Waals surface area (Å²) >= 11 is 0. The van der Waals surface area contributed by atoms with Gasteiger partial charge in [0, 0.05) is 17.6 Å². The van der Waals surface area contributed by atoms with Gasteiger partial charge < -0.3 is 21.0 Å². The van der Waals surface area contributed by atoms with Crippen LogP contribution in [0.4, 0.5) is 5.82 Å². The number of aromatic amines is 1. The van der Waals surface area contributed by atoms with E-state index in [0.29, 0.717) is 24.4 Å². The quantitative estimate of drug-likeness (QED) is 0.519. The van der Waals surface area contributed by atoms with Gasteiger partial charge in [-0.1, -0.05) is 18.2 Å². The minimum atomic E-state index is 0.401. The number of nitrogen functional groups attached to an aromatic ring is 1. The fraction of sp³-hybridized carbons (Fsp3) is 0.250. The second kappa shape index (κ2) is 6.21. The van der Waals surface area contributed by atoms with E-state index < -0.39 is 0 Å². The maximum absolute atomic E-state index is 5.91. The lowest BCUT2D eigenvalue weighted by molar-refractivity contribution is 0.816. The smallest absolute Gasteiger partial charge is 0.165 e. The molecule has 0 unspecified atom stereocenters. The van der Waals surface area contributed by atoms with Crippen LogP contribution in [0.1, 0.15) is 36.1 Å². The van der Waals surface area contributed by atoms with Crippen molar-refractivity contribution in [2.45, 2.75) is 32.4 Å². The van der Waals surface area contributed by atoms with Crippen molar-refractivity contribution >= 4 is 33.5 Å². The van der Waals surface area contributed by atoms with Gasteiger partial charge in [-0.2, -0.15) is 0 Å². The third-order valence-electron chi connectivity index (χ3n) is 5.31. The predicted octanol–water partition coefficient (Wildman–Crippen LogP) is 2.96. The van der Waals surface area contributed by atoms with E-state index in [1.165, 1.54) is 34.8 Å². The number of aromatic nitrogens is 5. The minimum Gasteiger partial charge on any atom is -0.382 e. The molecular weight excluding hydrogens is 338 g/mol. The van der Waals surface area contributed by atoms with Crippen molar-refractivity contribution in [1.82, 2.24) is 24.5 Å².